The first kappa shape index (κ1) is 18.1. The molecule has 0 amide bonds. The quantitative estimate of drug-likeness (QED) is 0.676. The standard InChI is InChI=1S/C16H28N2O2S/c1-4-17-12-8-9-13-21(19,20)18(15(2)3)14-16-10-6-5-7-11-16/h5-7,10-11,15,17H,4,8-9,12-14H2,1-3H3. The number of nitrogens with zero attached hydrogens (tertiary/aromatic N) is 1. The number of benzene rings is 1. The van der Waals surface area contributed by atoms with Crippen molar-refractivity contribution in [3.05, 3.63) is 35.9 Å². The van der Waals surface area contributed by atoms with Crippen molar-refractivity contribution < 1.29 is 8.42 Å². The molecule has 1 rings (SSSR count). The molecule has 4 nitrogen and oxygen atoms in total. The van der Waals surface area contributed by atoms with Gasteiger partial charge in [-0.1, -0.05) is 37.3 Å². The van der Waals surface area contributed by atoms with Crippen LogP contribution in [-0.2, 0) is 16.6 Å². The Labute approximate surface area is 129 Å². The number of hydrogen-bond donors (Lipinski definition) is 1. The average molecular weight is 312 g/mol. The van der Waals surface area contributed by atoms with Gasteiger partial charge < -0.3 is 5.32 Å². The molecule has 0 spiro atoms. The van der Waals surface area contributed by atoms with Gasteiger partial charge in [0.25, 0.3) is 0 Å². The second kappa shape index (κ2) is 9.18. The van der Waals surface area contributed by atoms with Gasteiger partial charge >= 0.3 is 0 Å². The van der Waals surface area contributed by atoms with E-state index < -0.39 is 10.0 Å². The highest BCUT2D eigenvalue weighted by molar-refractivity contribution is 7.89. The van der Waals surface area contributed by atoms with Gasteiger partial charge in [-0.15, -0.1) is 0 Å². The minimum atomic E-state index is -3.20. The van der Waals surface area contributed by atoms with Crippen LogP contribution in [0.25, 0.3) is 0 Å². The molecule has 0 aliphatic rings. The molecule has 0 unspecified atom stereocenters. The van der Waals surface area contributed by atoms with E-state index in [-0.39, 0.29) is 11.8 Å². The van der Waals surface area contributed by atoms with Crippen LogP contribution < -0.4 is 5.32 Å². The molecule has 1 N–H and O–H groups in total. The van der Waals surface area contributed by atoms with E-state index in [1.807, 2.05) is 44.2 Å². The van der Waals surface area contributed by atoms with Crippen LogP contribution in [0.15, 0.2) is 30.3 Å². The fourth-order valence-electron chi connectivity index (χ4n) is 2.19. The van der Waals surface area contributed by atoms with Gasteiger partial charge in [0, 0.05) is 12.6 Å². The van der Waals surface area contributed by atoms with Crippen LogP contribution >= 0.6 is 0 Å². The zero-order chi connectivity index (χ0) is 15.7. The van der Waals surface area contributed by atoms with Gasteiger partial charge in [0.05, 0.1) is 5.75 Å². The molecule has 0 fully saturated rings. The Morgan fingerprint density at radius 2 is 1.81 bits per heavy atom. The fraction of sp³-hybridized carbons (Fsp3) is 0.625. The van der Waals surface area contributed by atoms with Crippen molar-refractivity contribution in [1.82, 2.24) is 9.62 Å². The summed E-state index contributed by atoms with van der Waals surface area (Å²) < 4.78 is 26.6. The monoisotopic (exact) mass is 312 g/mol. The second-order valence-electron chi connectivity index (χ2n) is 5.50. The summed E-state index contributed by atoms with van der Waals surface area (Å²) in [6.07, 6.45) is 1.59. The lowest BCUT2D eigenvalue weighted by Crippen LogP contribution is -2.38. The van der Waals surface area contributed by atoms with Crippen LogP contribution in [0, 0.1) is 0 Å². The maximum absolute atomic E-state index is 12.5. The van der Waals surface area contributed by atoms with Crippen molar-refractivity contribution >= 4 is 10.0 Å². The molecule has 0 aromatic heterocycles. The van der Waals surface area contributed by atoms with Crippen LogP contribution in [0.4, 0.5) is 0 Å². The van der Waals surface area contributed by atoms with Crippen molar-refractivity contribution in [1.29, 1.82) is 0 Å². The van der Waals surface area contributed by atoms with E-state index in [2.05, 4.69) is 12.2 Å². The van der Waals surface area contributed by atoms with Crippen LogP contribution in [0.3, 0.4) is 0 Å². The first-order valence-corrected chi connectivity index (χ1v) is 9.32. The van der Waals surface area contributed by atoms with E-state index in [4.69, 9.17) is 0 Å². The molecule has 0 radical (unpaired) electrons. The summed E-state index contributed by atoms with van der Waals surface area (Å²) in [6, 6.07) is 9.74. The topological polar surface area (TPSA) is 49.4 Å². The Morgan fingerprint density at radius 1 is 1.14 bits per heavy atom. The van der Waals surface area contributed by atoms with Gasteiger partial charge in [-0.3, -0.25) is 0 Å². The largest absolute Gasteiger partial charge is 0.317 e. The SMILES string of the molecule is CCNCCCCS(=O)(=O)N(Cc1ccccc1)C(C)C. The molecular formula is C16H28N2O2S. The first-order chi connectivity index (χ1) is 9.97. The van der Waals surface area contributed by atoms with Crippen molar-refractivity contribution in [2.45, 2.75) is 46.2 Å². The van der Waals surface area contributed by atoms with E-state index in [0.29, 0.717) is 13.0 Å². The van der Waals surface area contributed by atoms with Crippen LogP contribution in [-0.4, -0.2) is 37.6 Å². The van der Waals surface area contributed by atoms with Crippen molar-refractivity contribution in [3.8, 4) is 0 Å². The summed E-state index contributed by atoms with van der Waals surface area (Å²) in [6.45, 7) is 8.18. The summed E-state index contributed by atoms with van der Waals surface area (Å²) in [5.74, 6) is 0.226. The zero-order valence-corrected chi connectivity index (χ0v) is 14.2. The Morgan fingerprint density at radius 3 is 2.38 bits per heavy atom. The third-order valence-corrected chi connectivity index (χ3v) is 5.44. The minimum Gasteiger partial charge on any atom is -0.317 e. The smallest absolute Gasteiger partial charge is 0.214 e. The summed E-state index contributed by atoms with van der Waals surface area (Å²) in [7, 11) is -3.20. The number of hydrogen-bond acceptors (Lipinski definition) is 3. The zero-order valence-electron chi connectivity index (χ0n) is 13.4. The van der Waals surface area contributed by atoms with E-state index in [9.17, 15) is 8.42 Å². The van der Waals surface area contributed by atoms with Crippen LogP contribution in [0.5, 0.6) is 0 Å². The maximum atomic E-state index is 12.5. The highest BCUT2D eigenvalue weighted by Crippen LogP contribution is 2.15. The molecule has 0 saturated carbocycles. The normalized spacial score (nSPS) is 12.2. The molecule has 21 heavy (non-hydrogen) atoms. The lowest BCUT2D eigenvalue weighted by atomic mass is 10.2. The van der Waals surface area contributed by atoms with Gasteiger partial charge in [-0.2, -0.15) is 4.31 Å². The molecule has 120 valence electrons. The number of nitrogens with one attached hydrogen (secondary N) is 1. The van der Waals surface area contributed by atoms with Crippen molar-refractivity contribution in [2.24, 2.45) is 0 Å². The van der Waals surface area contributed by atoms with Gasteiger partial charge in [0.15, 0.2) is 0 Å². The lowest BCUT2D eigenvalue weighted by Gasteiger charge is -2.26. The molecular weight excluding hydrogens is 284 g/mol. The molecule has 0 atom stereocenters. The van der Waals surface area contributed by atoms with Gasteiger partial charge in [0.2, 0.25) is 10.0 Å². The summed E-state index contributed by atoms with van der Waals surface area (Å²) in [4.78, 5) is 0. The Balaban J connectivity index is 2.61. The third kappa shape index (κ3) is 6.59. The Bertz CT molecular complexity index is 486. The van der Waals surface area contributed by atoms with Crippen LogP contribution in [0.2, 0.25) is 0 Å². The molecule has 0 aliphatic carbocycles. The Kier molecular flexibility index (Phi) is 7.93. The molecule has 1 aromatic rings. The average Bonchev–Trinajstić information content (AvgIpc) is 2.45. The van der Waals surface area contributed by atoms with Gasteiger partial charge in [-0.05, 0) is 45.3 Å². The van der Waals surface area contributed by atoms with E-state index in [0.717, 1.165) is 25.1 Å². The second-order valence-corrected chi connectivity index (χ2v) is 7.54. The maximum Gasteiger partial charge on any atom is 0.214 e. The molecule has 1 aromatic carbocycles. The predicted octanol–water partition coefficient (Wildman–Crippen LogP) is 2.62. The molecule has 0 saturated heterocycles. The number of sulfonamides is 1. The first-order valence-electron chi connectivity index (χ1n) is 7.71. The number of rotatable bonds is 10. The van der Waals surface area contributed by atoms with Crippen molar-refractivity contribution in [2.75, 3.05) is 18.8 Å². The molecule has 0 heterocycles. The molecule has 0 bridgehead atoms. The fourth-order valence-corrected chi connectivity index (χ4v) is 3.99. The van der Waals surface area contributed by atoms with Gasteiger partial charge in [0.1, 0.15) is 0 Å². The third-order valence-electron chi connectivity index (χ3n) is 3.37. The predicted molar refractivity (Wildman–Crippen MR) is 88.7 cm³/mol. The number of unbranched alkanes of at least 4 members (excludes halogenated alkanes) is 1. The summed E-state index contributed by atoms with van der Waals surface area (Å²) >= 11 is 0. The summed E-state index contributed by atoms with van der Waals surface area (Å²) in [5, 5.41) is 3.22. The van der Waals surface area contributed by atoms with Gasteiger partial charge in [-0.25, -0.2) is 8.42 Å². The highest BCUT2D eigenvalue weighted by atomic mass is 32.2. The highest BCUT2D eigenvalue weighted by Gasteiger charge is 2.24. The Hall–Kier alpha value is -0.910. The molecule has 5 heteroatoms. The van der Waals surface area contributed by atoms with Crippen LogP contribution in [0.1, 0.15) is 39.2 Å². The molecule has 0 aliphatic heterocycles. The van der Waals surface area contributed by atoms with E-state index in [1.165, 1.54) is 0 Å². The van der Waals surface area contributed by atoms with E-state index in [1.54, 1.807) is 4.31 Å². The summed E-state index contributed by atoms with van der Waals surface area (Å²) in [5.41, 5.74) is 1.03. The minimum absolute atomic E-state index is 0.0241. The lowest BCUT2D eigenvalue weighted by molar-refractivity contribution is 0.347. The van der Waals surface area contributed by atoms with E-state index >= 15 is 0 Å². The van der Waals surface area contributed by atoms with Crippen molar-refractivity contribution in [3.63, 3.8) is 0 Å².